The van der Waals surface area contributed by atoms with E-state index < -0.39 is 10.0 Å². The molecule has 0 radical (unpaired) electrons. The summed E-state index contributed by atoms with van der Waals surface area (Å²) in [5, 5.41) is 0. The maximum atomic E-state index is 11.4. The molecule has 0 bridgehead atoms. The Hall–Kier alpha value is -0.0900. The van der Waals surface area contributed by atoms with E-state index >= 15 is 0 Å². The van der Waals surface area contributed by atoms with Crippen molar-refractivity contribution in [1.29, 1.82) is 0 Å². The highest BCUT2D eigenvalue weighted by molar-refractivity contribution is 7.89. The van der Waals surface area contributed by atoms with Gasteiger partial charge in [0.2, 0.25) is 10.0 Å². The third kappa shape index (κ3) is 3.24. The molecule has 0 unspecified atom stereocenters. The van der Waals surface area contributed by atoms with Crippen LogP contribution in [0.3, 0.4) is 0 Å². The molecule has 1 rings (SSSR count). The van der Waals surface area contributed by atoms with Crippen LogP contribution in [0.5, 0.6) is 0 Å². The Bertz CT molecular complexity index is 266. The fourth-order valence-corrected chi connectivity index (χ4v) is 3.24. The predicted octanol–water partition coefficient (Wildman–Crippen LogP) is 1.75. The Morgan fingerprint density at radius 2 is 1.93 bits per heavy atom. The van der Waals surface area contributed by atoms with E-state index in [9.17, 15) is 8.42 Å². The molecule has 0 spiro atoms. The number of nitrogens with one attached hydrogen (secondary N) is 1. The number of sulfonamides is 1. The van der Waals surface area contributed by atoms with Crippen molar-refractivity contribution in [3.63, 3.8) is 0 Å². The third-order valence-corrected chi connectivity index (χ3v) is 4.57. The van der Waals surface area contributed by atoms with Crippen molar-refractivity contribution in [2.45, 2.75) is 46.1 Å². The molecule has 0 atom stereocenters. The van der Waals surface area contributed by atoms with Gasteiger partial charge in [-0.3, -0.25) is 0 Å². The van der Waals surface area contributed by atoms with Gasteiger partial charge in [0.1, 0.15) is 0 Å². The summed E-state index contributed by atoms with van der Waals surface area (Å²) in [6, 6.07) is 0.207. The molecule has 14 heavy (non-hydrogen) atoms. The first kappa shape index (κ1) is 12.0. The Morgan fingerprint density at radius 3 is 2.36 bits per heavy atom. The minimum absolute atomic E-state index is 0.207. The van der Waals surface area contributed by atoms with E-state index in [4.69, 9.17) is 0 Å². The minimum atomic E-state index is -2.99. The normalized spacial score (nSPS) is 27.7. The van der Waals surface area contributed by atoms with E-state index in [1.165, 1.54) is 0 Å². The fraction of sp³-hybridized carbons (Fsp3) is 1.00. The van der Waals surface area contributed by atoms with E-state index in [-0.39, 0.29) is 11.8 Å². The fourth-order valence-electron chi connectivity index (χ4n) is 1.88. The summed E-state index contributed by atoms with van der Waals surface area (Å²) in [6.45, 7) is 6.28. The van der Waals surface area contributed by atoms with Crippen LogP contribution in [-0.2, 0) is 10.0 Å². The molecule has 1 aliphatic carbocycles. The summed E-state index contributed by atoms with van der Waals surface area (Å²) in [5.41, 5.74) is 0. The van der Waals surface area contributed by atoms with Gasteiger partial charge < -0.3 is 0 Å². The van der Waals surface area contributed by atoms with Gasteiger partial charge in [0.25, 0.3) is 0 Å². The molecule has 84 valence electrons. The van der Waals surface area contributed by atoms with E-state index in [0.29, 0.717) is 18.3 Å². The third-order valence-electron chi connectivity index (χ3n) is 2.94. The molecule has 1 aliphatic rings. The van der Waals surface area contributed by atoms with Gasteiger partial charge in [0.15, 0.2) is 0 Å². The van der Waals surface area contributed by atoms with Gasteiger partial charge in [0.05, 0.1) is 5.75 Å². The molecule has 0 heterocycles. The quantitative estimate of drug-likeness (QED) is 0.765. The Kier molecular flexibility index (Phi) is 3.95. The van der Waals surface area contributed by atoms with Crippen molar-refractivity contribution in [1.82, 2.24) is 4.72 Å². The van der Waals surface area contributed by atoms with Crippen molar-refractivity contribution in [3.8, 4) is 0 Å². The minimum Gasteiger partial charge on any atom is -0.212 e. The van der Waals surface area contributed by atoms with Crippen LogP contribution >= 0.6 is 0 Å². The van der Waals surface area contributed by atoms with Crippen molar-refractivity contribution in [2.75, 3.05) is 5.75 Å². The van der Waals surface area contributed by atoms with Gasteiger partial charge in [-0.2, -0.15) is 0 Å². The van der Waals surface area contributed by atoms with E-state index in [0.717, 1.165) is 12.8 Å². The zero-order chi connectivity index (χ0) is 10.8. The van der Waals surface area contributed by atoms with Crippen molar-refractivity contribution in [3.05, 3.63) is 0 Å². The monoisotopic (exact) mass is 219 g/mol. The molecule has 0 aliphatic heterocycles. The summed E-state index contributed by atoms with van der Waals surface area (Å²) in [4.78, 5) is 0. The van der Waals surface area contributed by atoms with E-state index in [2.05, 4.69) is 18.6 Å². The van der Waals surface area contributed by atoms with Crippen molar-refractivity contribution >= 4 is 10.0 Å². The lowest BCUT2D eigenvalue weighted by Crippen LogP contribution is -2.46. The molecule has 3 nitrogen and oxygen atoms in total. The van der Waals surface area contributed by atoms with Crippen LogP contribution in [0, 0.1) is 11.8 Å². The second kappa shape index (κ2) is 4.62. The number of rotatable bonds is 5. The first-order valence-corrected chi connectivity index (χ1v) is 7.10. The molecule has 0 aromatic carbocycles. The SMILES string of the molecule is CCCS(=O)(=O)NC1CC(C(C)C)C1. The predicted molar refractivity (Wildman–Crippen MR) is 58.6 cm³/mol. The van der Waals surface area contributed by atoms with Crippen LogP contribution < -0.4 is 4.72 Å². The van der Waals surface area contributed by atoms with Gasteiger partial charge in [0, 0.05) is 6.04 Å². The van der Waals surface area contributed by atoms with Gasteiger partial charge in [-0.1, -0.05) is 20.8 Å². The summed E-state index contributed by atoms with van der Waals surface area (Å²) in [5.74, 6) is 1.65. The highest BCUT2D eigenvalue weighted by Gasteiger charge is 2.33. The molecular formula is C10H21NO2S. The number of hydrogen-bond acceptors (Lipinski definition) is 2. The Morgan fingerprint density at radius 1 is 1.36 bits per heavy atom. The standard InChI is InChI=1S/C10H21NO2S/c1-4-5-14(12,13)11-10-6-9(7-10)8(2)3/h8-11H,4-7H2,1-3H3. The van der Waals surface area contributed by atoms with Crippen molar-refractivity contribution < 1.29 is 8.42 Å². The maximum Gasteiger partial charge on any atom is 0.211 e. The van der Waals surface area contributed by atoms with Gasteiger partial charge in [-0.25, -0.2) is 13.1 Å². The van der Waals surface area contributed by atoms with Gasteiger partial charge in [-0.05, 0) is 31.1 Å². The molecule has 0 amide bonds. The van der Waals surface area contributed by atoms with Gasteiger partial charge in [-0.15, -0.1) is 0 Å². The van der Waals surface area contributed by atoms with Crippen LogP contribution in [0.4, 0.5) is 0 Å². The molecule has 0 aromatic heterocycles. The lowest BCUT2D eigenvalue weighted by atomic mass is 9.74. The topological polar surface area (TPSA) is 46.2 Å². The van der Waals surface area contributed by atoms with Crippen LogP contribution in [0.1, 0.15) is 40.0 Å². The first-order valence-electron chi connectivity index (χ1n) is 5.44. The molecule has 1 N–H and O–H groups in total. The average Bonchev–Trinajstić information content (AvgIpc) is 1.95. The number of hydrogen-bond donors (Lipinski definition) is 1. The largest absolute Gasteiger partial charge is 0.212 e. The summed E-state index contributed by atoms with van der Waals surface area (Å²) in [7, 11) is -2.99. The molecule has 4 heteroatoms. The van der Waals surface area contributed by atoms with E-state index in [1.54, 1.807) is 0 Å². The average molecular weight is 219 g/mol. The Balaban J connectivity index is 2.29. The van der Waals surface area contributed by atoms with Crippen LogP contribution in [0.25, 0.3) is 0 Å². The lowest BCUT2D eigenvalue weighted by Gasteiger charge is -2.38. The van der Waals surface area contributed by atoms with Gasteiger partial charge >= 0.3 is 0 Å². The van der Waals surface area contributed by atoms with Crippen LogP contribution in [-0.4, -0.2) is 20.2 Å². The summed E-state index contributed by atoms with van der Waals surface area (Å²) in [6.07, 6.45) is 2.72. The smallest absolute Gasteiger partial charge is 0.211 e. The zero-order valence-corrected chi connectivity index (χ0v) is 10.1. The highest BCUT2D eigenvalue weighted by atomic mass is 32.2. The van der Waals surface area contributed by atoms with E-state index in [1.807, 2.05) is 6.92 Å². The Labute approximate surface area is 87.3 Å². The zero-order valence-electron chi connectivity index (χ0n) is 9.29. The lowest BCUT2D eigenvalue weighted by molar-refractivity contribution is 0.187. The molecular weight excluding hydrogens is 198 g/mol. The second-order valence-corrected chi connectivity index (χ2v) is 6.48. The first-order chi connectivity index (χ1) is 6.44. The highest BCUT2D eigenvalue weighted by Crippen LogP contribution is 2.33. The molecule has 0 saturated heterocycles. The maximum absolute atomic E-state index is 11.4. The molecule has 0 aromatic rings. The van der Waals surface area contributed by atoms with Crippen LogP contribution in [0.2, 0.25) is 0 Å². The summed E-state index contributed by atoms with van der Waals surface area (Å²) < 4.78 is 25.5. The summed E-state index contributed by atoms with van der Waals surface area (Å²) >= 11 is 0. The molecule has 1 saturated carbocycles. The molecule has 1 fully saturated rings. The second-order valence-electron chi connectivity index (χ2n) is 4.61. The van der Waals surface area contributed by atoms with Crippen molar-refractivity contribution in [2.24, 2.45) is 11.8 Å². The van der Waals surface area contributed by atoms with Crippen LogP contribution in [0.15, 0.2) is 0 Å².